The van der Waals surface area contributed by atoms with E-state index in [4.69, 9.17) is 0 Å². The van der Waals surface area contributed by atoms with E-state index >= 15 is 0 Å². The molecule has 0 aromatic heterocycles. The number of unbranched alkanes of at least 4 members (excludes halogenated alkanes) is 1. The number of allylic oxidation sites excluding steroid dienone is 4. The Morgan fingerprint density at radius 1 is 0.912 bits per heavy atom. The van der Waals surface area contributed by atoms with Crippen molar-refractivity contribution in [2.24, 2.45) is 5.41 Å². The van der Waals surface area contributed by atoms with Gasteiger partial charge in [-0.1, -0.05) is 0 Å². The Labute approximate surface area is 229 Å². The third-order valence-electron chi connectivity index (χ3n) is 9.27. The maximum Gasteiger partial charge on any atom is -1.00 e. The minimum Gasteiger partial charge on any atom is -1.00 e. The molecule has 2 aliphatic carbocycles. The fourth-order valence-corrected chi connectivity index (χ4v) is 15.3. The molecule has 1 saturated heterocycles. The van der Waals surface area contributed by atoms with Gasteiger partial charge in [-0.05, 0) is 0 Å². The molecule has 3 aliphatic rings. The van der Waals surface area contributed by atoms with Gasteiger partial charge in [0.25, 0.3) is 0 Å². The first-order valence-electron chi connectivity index (χ1n) is 12.7. The van der Waals surface area contributed by atoms with Crippen LogP contribution in [0.1, 0.15) is 77.5 Å². The van der Waals surface area contributed by atoms with Gasteiger partial charge >= 0.3 is 206 Å². The van der Waals surface area contributed by atoms with E-state index in [1.54, 1.807) is 58.8 Å². The summed E-state index contributed by atoms with van der Waals surface area (Å²) in [5.41, 5.74) is 12.3. The summed E-state index contributed by atoms with van der Waals surface area (Å²) in [4.78, 5) is 0. The van der Waals surface area contributed by atoms with Crippen LogP contribution in [0.3, 0.4) is 0 Å². The number of rotatable bonds is 6. The summed E-state index contributed by atoms with van der Waals surface area (Å²) >= 11 is -0.356. The van der Waals surface area contributed by atoms with Crippen molar-refractivity contribution in [3.63, 3.8) is 0 Å². The maximum atomic E-state index is 2.53. The van der Waals surface area contributed by atoms with Crippen molar-refractivity contribution in [3.05, 3.63) is 74.2 Å². The molecule has 0 spiro atoms. The predicted octanol–water partition coefficient (Wildman–Crippen LogP) is 2.36. The van der Waals surface area contributed by atoms with E-state index in [-0.39, 0.29) is 49.4 Å². The summed E-state index contributed by atoms with van der Waals surface area (Å²) in [6.07, 6.45) is 4.25. The van der Waals surface area contributed by atoms with Crippen molar-refractivity contribution >= 4 is 11.9 Å². The molecule has 0 amide bonds. The van der Waals surface area contributed by atoms with Crippen LogP contribution in [0.4, 0.5) is 0 Å². The molecule has 0 bridgehead atoms. The van der Waals surface area contributed by atoms with E-state index in [1.807, 2.05) is 0 Å². The normalized spacial score (nSPS) is 21.2. The zero-order chi connectivity index (χ0) is 22.7. The molecule has 0 nitrogen and oxygen atoms in total. The number of hydrogen-bond acceptors (Lipinski definition) is 0. The van der Waals surface area contributed by atoms with Gasteiger partial charge in [-0.2, -0.15) is 0 Å². The molecule has 1 fully saturated rings. The summed E-state index contributed by atoms with van der Waals surface area (Å²) in [5, 5.41) is 0. The summed E-state index contributed by atoms with van der Waals surface area (Å²) in [6, 6.07) is 21.4. The van der Waals surface area contributed by atoms with Crippen LogP contribution in [0.5, 0.6) is 0 Å². The molecule has 180 valence electrons. The second-order valence-corrected chi connectivity index (χ2v) is 17.9. The molecule has 0 radical (unpaired) electrons. The summed E-state index contributed by atoms with van der Waals surface area (Å²) in [7, 11) is -1.31. The summed E-state index contributed by atoms with van der Waals surface area (Å²) < 4.78 is 3.51. The van der Waals surface area contributed by atoms with Crippen molar-refractivity contribution in [2.45, 2.75) is 84.5 Å². The monoisotopic (exact) mass is 544 g/mol. The molecule has 1 atom stereocenters. The first-order chi connectivity index (χ1) is 15.3. The molecule has 1 aliphatic heterocycles. The van der Waals surface area contributed by atoms with Crippen LogP contribution in [0.25, 0.3) is 11.1 Å². The summed E-state index contributed by atoms with van der Waals surface area (Å²) in [5.74, 6) is 0. The van der Waals surface area contributed by atoms with Gasteiger partial charge in [0.05, 0.1) is 0 Å². The Kier molecular flexibility index (Phi) is 8.59. The van der Waals surface area contributed by atoms with Gasteiger partial charge in [-0.15, -0.1) is 0 Å². The number of benzene rings is 2. The van der Waals surface area contributed by atoms with Crippen LogP contribution in [0.2, 0.25) is 18.1 Å². The van der Waals surface area contributed by atoms with Crippen molar-refractivity contribution in [1.29, 1.82) is 0 Å². The largest absolute Gasteiger partial charge is 1.00 e. The van der Waals surface area contributed by atoms with E-state index in [1.165, 1.54) is 25.3 Å². The van der Waals surface area contributed by atoms with Gasteiger partial charge in [0, 0.05) is 0 Å². The molecular weight excluding hydrogens is 507 g/mol. The Bertz CT molecular complexity index is 1140. The van der Waals surface area contributed by atoms with Gasteiger partial charge in [0.1, 0.15) is 0 Å². The van der Waals surface area contributed by atoms with Crippen molar-refractivity contribution in [2.75, 3.05) is 0 Å². The molecule has 0 N–H and O–H groups in total. The summed E-state index contributed by atoms with van der Waals surface area (Å²) in [6.45, 7) is 14.4. The SMILES string of the molecule is CCCC[Si]1(C2c3ccccc3-c3ccc[c]([Ti+2][C]4=C(C)C(C)=C(C)C4(C)C)c32)CCC1.[Cl-].[Cl-]. The Balaban J connectivity index is 0.00000162. The second kappa shape index (κ2) is 10.4. The molecule has 34 heavy (non-hydrogen) atoms. The molecule has 5 rings (SSSR count). The van der Waals surface area contributed by atoms with Crippen LogP contribution in [0, 0.1) is 5.41 Å². The van der Waals surface area contributed by atoms with Crippen LogP contribution in [0.15, 0.2) is 63.1 Å². The number of halogens is 2. The third kappa shape index (κ3) is 4.18. The van der Waals surface area contributed by atoms with Gasteiger partial charge in [0.15, 0.2) is 0 Å². The number of hydrogen-bond donors (Lipinski definition) is 0. The van der Waals surface area contributed by atoms with Crippen molar-refractivity contribution < 1.29 is 44.0 Å². The van der Waals surface area contributed by atoms with E-state index in [2.05, 4.69) is 84.0 Å². The molecule has 1 heterocycles. The average molecular weight is 545 g/mol. The Hall–Kier alpha value is -0.569. The van der Waals surface area contributed by atoms with E-state index in [9.17, 15) is 0 Å². The van der Waals surface area contributed by atoms with Crippen LogP contribution < -0.4 is 28.7 Å². The molecule has 2 aromatic carbocycles. The second-order valence-electron chi connectivity index (χ2n) is 11.1. The Morgan fingerprint density at radius 2 is 1.59 bits per heavy atom. The zero-order valence-corrected chi connectivity index (χ0v) is 25.7. The number of fused-ring (bicyclic) bond motifs is 3. The maximum absolute atomic E-state index is 2.53. The van der Waals surface area contributed by atoms with Gasteiger partial charge < -0.3 is 24.8 Å². The average Bonchev–Trinajstić information content (AvgIpc) is 3.17. The topological polar surface area (TPSA) is 0 Å². The molecular formula is C30H38Cl2SiTi. The van der Waals surface area contributed by atoms with Gasteiger partial charge in [-0.25, -0.2) is 0 Å². The minimum absolute atomic E-state index is 0. The molecule has 4 heteroatoms. The van der Waals surface area contributed by atoms with Crippen LogP contribution >= 0.6 is 0 Å². The van der Waals surface area contributed by atoms with E-state index < -0.39 is 8.07 Å². The van der Waals surface area contributed by atoms with Crippen molar-refractivity contribution in [1.82, 2.24) is 0 Å². The van der Waals surface area contributed by atoms with Crippen molar-refractivity contribution in [3.8, 4) is 11.1 Å². The molecule has 1 unspecified atom stereocenters. The third-order valence-corrected chi connectivity index (χ3v) is 18.2. The van der Waals surface area contributed by atoms with Crippen LogP contribution in [-0.2, 0) is 19.2 Å². The fraction of sp³-hybridized carbons (Fsp3) is 0.467. The fourth-order valence-electron chi connectivity index (χ4n) is 6.83. The quantitative estimate of drug-likeness (QED) is 0.490. The predicted molar refractivity (Wildman–Crippen MR) is 138 cm³/mol. The van der Waals surface area contributed by atoms with Gasteiger partial charge in [-0.3, -0.25) is 0 Å². The first-order valence-corrected chi connectivity index (χ1v) is 17.0. The smallest absolute Gasteiger partial charge is 1.00 e. The zero-order valence-electron chi connectivity index (χ0n) is 21.6. The standard InChI is InChI=1S/C20H23Si.C10H15.2ClH.Ti/c1-2-3-13-21(14-8-15-21)20-18-11-6-4-9-16(18)17-10-5-7-12-19(17)20;1-7-6-10(4,5)9(3)8(7)2;;;/h4-7,9-11,20H,2-3,8,13-15H2,1H3;1-5H3;2*1H;/q;;;;+2/p-2. The molecule has 0 saturated carbocycles. The van der Waals surface area contributed by atoms with Gasteiger partial charge in [0.2, 0.25) is 0 Å². The van der Waals surface area contributed by atoms with E-state index in [0.29, 0.717) is 0 Å². The molecule has 2 aromatic rings. The van der Waals surface area contributed by atoms with E-state index in [0.717, 1.165) is 5.54 Å². The van der Waals surface area contributed by atoms with Crippen LogP contribution in [-0.4, -0.2) is 8.07 Å². The first kappa shape index (κ1) is 28.0. The minimum atomic E-state index is -1.31. The Morgan fingerprint density at radius 3 is 2.18 bits per heavy atom.